The summed E-state index contributed by atoms with van der Waals surface area (Å²) in [6.07, 6.45) is 2.43. The van der Waals surface area contributed by atoms with E-state index >= 15 is 0 Å². The van der Waals surface area contributed by atoms with E-state index < -0.39 is 5.91 Å². The molecule has 96 valence electrons. The molecule has 2 aromatic rings. The third-order valence-corrected chi connectivity index (χ3v) is 3.07. The summed E-state index contributed by atoms with van der Waals surface area (Å²) in [4.78, 5) is 15.9. The Morgan fingerprint density at radius 1 is 1.37 bits per heavy atom. The van der Waals surface area contributed by atoms with Crippen molar-refractivity contribution in [3.63, 3.8) is 0 Å². The average Bonchev–Trinajstić information content (AvgIpc) is 2.86. The Bertz CT molecular complexity index is 640. The van der Waals surface area contributed by atoms with E-state index in [1.807, 2.05) is 18.2 Å². The van der Waals surface area contributed by atoms with Crippen LogP contribution in [0.15, 0.2) is 36.5 Å². The van der Waals surface area contributed by atoms with E-state index in [4.69, 9.17) is 0 Å². The van der Waals surface area contributed by atoms with Crippen molar-refractivity contribution >= 4 is 17.3 Å². The summed E-state index contributed by atoms with van der Waals surface area (Å²) in [6.45, 7) is 0.924. The smallest absolute Gasteiger partial charge is 0.278 e. The van der Waals surface area contributed by atoms with Crippen molar-refractivity contribution in [1.29, 1.82) is 0 Å². The summed E-state index contributed by atoms with van der Waals surface area (Å²) in [5.74, 6) is -0.535. The van der Waals surface area contributed by atoms with Crippen LogP contribution in [0.25, 0.3) is 0 Å². The van der Waals surface area contributed by atoms with Crippen molar-refractivity contribution in [1.82, 2.24) is 4.98 Å². The van der Waals surface area contributed by atoms with E-state index in [1.165, 1.54) is 17.8 Å². The van der Waals surface area contributed by atoms with Crippen LogP contribution in [0.4, 0.5) is 11.4 Å². The molecule has 0 unspecified atom stereocenters. The van der Waals surface area contributed by atoms with Crippen molar-refractivity contribution in [2.45, 2.75) is 6.42 Å². The predicted octanol–water partition coefficient (Wildman–Crippen LogP) is 2.01. The molecule has 0 radical (unpaired) electrons. The topological polar surface area (TPSA) is 74.2 Å². The normalized spacial score (nSPS) is 12.6. The maximum Gasteiger partial charge on any atom is 0.278 e. The Labute approximate surface area is 110 Å². The molecular weight excluding hydrogens is 242 g/mol. The summed E-state index contributed by atoms with van der Waals surface area (Å²) >= 11 is 0. The molecule has 1 aromatic heterocycles. The van der Waals surface area contributed by atoms with Crippen molar-refractivity contribution < 1.29 is 9.90 Å². The lowest BCUT2D eigenvalue weighted by Crippen LogP contribution is -2.13. The lowest BCUT2D eigenvalue weighted by molar-refractivity contribution is 0.101. The predicted molar refractivity (Wildman–Crippen MR) is 72.5 cm³/mol. The number of aromatic hydroxyl groups is 1. The number of aromatic nitrogens is 1. The highest BCUT2D eigenvalue weighted by atomic mass is 16.3. The summed E-state index contributed by atoms with van der Waals surface area (Å²) in [5.41, 5.74) is 3.03. The number of benzene rings is 1. The van der Waals surface area contributed by atoms with Gasteiger partial charge in [-0.2, -0.15) is 0 Å². The van der Waals surface area contributed by atoms with E-state index in [2.05, 4.69) is 15.6 Å². The van der Waals surface area contributed by atoms with Crippen molar-refractivity contribution in [3.05, 3.63) is 47.8 Å². The minimum absolute atomic E-state index is 0.0288. The second kappa shape index (κ2) is 4.61. The molecule has 1 aliphatic rings. The highest BCUT2D eigenvalue weighted by Gasteiger charge is 2.14. The number of amides is 1. The SMILES string of the molecule is O=C(Nc1ccc2c(c1)CCN2)c1ncccc1O. The van der Waals surface area contributed by atoms with Gasteiger partial charge in [-0.25, -0.2) is 4.98 Å². The number of anilines is 2. The second-order valence-electron chi connectivity index (χ2n) is 4.37. The maximum absolute atomic E-state index is 12.0. The quantitative estimate of drug-likeness (QED) is 0.767. The van der Waals surface area contributed by atoms with Gasteiger partial charge in [0, 0.05) is 24.1 Å². The number of fused-ring (bicyclic) bond motifs is 1. The van der Waals surface area contributed by atoms with Gasteiger partial charge >= 0.3 is 0 Å². The summed E-state index contributed by atoms with van der Waals surface area (Å²) in [7, 11) is 0. The number of hydrogen-bond acceptors (Lipinski definition) is 4. The zero-order chi connectivity index (χ0) is 13.2. The van der Waals surface area contributed by atoms with E-state index in [1.54, 1.807) is 6.07 Å². The molecule has 0 atom stereocenters. The maximum atomic E-state index is 12.0. The van der Waals surface area contributed by atoms with Crippen molar-refractivity contribution in [2.24, 2.45) is 0 Å². The van der Waals surface area contributed by atoms with E-state index in [-0.39, 0.29) is 11.4 Å². The van der Waals surface area contributed by atoms with Gasteiger partial charge in [0.1, 0.15) is 5.75 Å². The molecule has 0 aliphatic carbocycles. The number of pyridine rings is 1. The highest BCUT2D eigenvalue weighted by Crippen LogP contribution is 2.25. The molecule has 1 aliphatic heterocycles. The molecule has 5 heteroatoms. The van der Waals surface area contributed by atoms with Gasteiger partial charge in [-0.05, 0) is 42.3 Å². The molecule has 3 N–H and O–H groups in total. The van der Waals surface area contributed by atoms with Crippen LogP contribution in [0.5, 0.6) is 5.75 Å². The van der Waals surface area contributed by atoms with Crippen molar-refractivity contribution in [2.75, 3.05) is 17.2 Å². The molecule has 5 nitrogen and oxygen atoms in total. The molecule has 1 aromatic carbocycles. The van der Waals surface area contributed by atoms with E-state index in [0.717, 1.165) is 18.7 Å². The van der Waals surface area contributed by atoms with Crippen LogP contribution in [-0.2, 0) is 6.42 Å². The van der Waals surface area contributed by atoms with Crippen LogP contribution >= 0.6 is 0 Å². The summed E-state index contributed by atoms with van der Waals surface area (Å²) < 4.78 is 0. The minimum Gasteiger partial charge on any atom is -0.505 e. The van der Waals surface area contributed by atoms with Gasteiger partial charge in [0.15, 0.2) is 5.69 Å². The lowest BCUT2D eigenvalue weighted by Gasteiger charge is -2.07. The Balaban J connectivity index is 1.82. The van der Waals surface area contributed by atoms with Crippen LogP contribution in [0.3, 0.4) is 0 Å². The molecule has 0 spiro atoms. The Morgan fingerprint density at radius 2 is 2.26 bits per heavy atom. The Morgan fingerprint density at radius 3 is 3.11 bits per heavy atom. The molecule has 3 rings (SSSR count). The Kier molecular flexibility index (Phi) is 2.79. The third kappa shape index (κ3) is 2.22. The first kappa shape index (κ1) is 11.5. The van der Waals surface area contributed by atoms with Crippen LogP contribution < -0.4 is 10.6 Å². The largest absolute Gasteiger partial charge is 0.505 e. The lowest BCUT2D eigenvalue weighted by atomic mass is 10.1. The fourth-order valence-corrected chi connectivity index (χ4v) is 2.14. The average molecular weight is 255 g/mol. The van der Waals surface area contributed by atoms with E-state index in [0.29, 0.717) is 5.69 Å². The number of carbonyl (C=O) groups excluding carboxylic acids is 1. The van der Waals surface area contributed by atoms with Crippen molar-refractivity contribution in [3.8, 4) is 5.75 Å². The third-order valence-electron chi connectivity index (χ3n) is 3.07. The first-order chi connectivity index (χ1) is 9.24. The number of hydrogen-bond donors (Lipinski definition) is 3. The summed E-state index contributed by atoms with van der Waals surface area (Å²) in [6, 6.07) is 8.72. The van der Waals surface area contributed by atoms with E-state index in [9.17, 15) is 9.90 Å². The Hall–Kier alpha value is -2.56. The molecule has 0 fully saturated rings. The van der Waals surface area contributed by atoms with Gasteiger partial charge in [0.25, 0.3) is 5.91 Å². The zero-order valence-electron chi connectivity index (χ0n) is 10.2. The van der Waals surface area contributed by atoms with Gasteiger partial charge in [-0.3, -0.25) is 4.79 Å². The van der Waals surface area contributed by atoms with Crippen LogP contribution in [0.1, 0.15) is 16.1 Å². The molecule has 0 saturated carbocycles. The number of rotatable bonds is 2. The van der Waals surface area contributed by atoms with Gasteiger partial charge in [-0.15, -0.1) is 0 Å². The molecule has 0 saturated heterocycles. The molecular formula is C14H13N3O2. The number of nitrogens with one attached hydrogen (secondary N) is 2. The number of carbonyl (C=O) groups is 1. The monoisotopic (exact) mass is 255 g/mol. The fourth-order valence-electron chi connectivity index (χ4n) is 2.14. The van der Waals surface area contributed by atoms with Crippen LogP contribution in [0, 0.1) is 0 Å². The standard InChI is InChI=1S/C14H13N3O2/c18-12-2-1-6-16-13(12)14(19)17-10-3-4-11-9(8-10)5-7-15-11/h1-4,6,8,15,18H,5,7H2,(H,17,19). The molecule has 1 amide bonds. The minimum atomic E-state index is -0.413. The van der Waals surface area contributed by atoms with Crippen LogP contribution in [0.2, 0.25) is 0 Å². The fraction of sp³-hybridized carbons (Fsp3) is 0.143. The second-order valence-corrected chi connectivity index (χ2v) is 4.37. The highest BCUT2D eigenvalue weighted by molar-refractivity contribution is 6.04. The first-order valence-electron chi connectivity index (χ1n) is 6.06. The molecule has 19 heavy (non-hydrogen) atoms. The van der Waals surface area contributed by atoms with Gasteiger partial charge < -0.3 is 15.7 Å². The molecule has 2 heterocycles. The van der Waals surface area contributed by atoms with Gasteiger partial charge in [0.2, 0.25) is 0 Å². The van der Waals surface area contributed by atoms with Gasteiger partial charge in [-0.1, -0.05) is 0 Å². The zero-order valence-corrected chi connectivity index (χ0v) is 10.2. The first-order valence-corrected chi connectivity index (χ1v) is 6.06. The van der Waals surface area contributed by atoms with Crippen LogP contribution in [-0.4, -0.2) is 22.5 Å². The van der Waals surface area contributed by atoms with Gasteiger partial charge in [0.05, 0.1) is 0 Å². The number of nitrogens with zero attached hydrogens (tertiary/aromatic N) is 1. The molecule has 0 bridgehead atoms. The summed E-state index contributed by atoms with van der Waals surface area (Å²) in [5, 5.41) is 15.6.